The van der Waals surface area contributed by atoms with Gasteiger partial charge in [-0.3, -0.25) is 23.2 Å². The average molecular weight is 1010 g/mol. The van der Waals surface area contributed by atoms with Gasteiger partial charge in [-0.05, 0) is 70.6 Å². The van der Waals surface area contributed by atoms with E-state index in [0.29, 0.717) is 12.8 Å². The number of rotatable bonds is 39. The Morgan fingerprint density at radius 3 is 1.63 bits per heavy atom. The number of phosphoric ester groups is 2. The normalized spacial score (nSPS) is 22.4. The molecule has 1 rings (SSSR count). The number of aliphatic hydroxyl groups excluding tert-OH is 5. The fourth-order valence-corrected chi connectivity index (χ4v) is 8.32. The highest BCUT2D eigenvalue weighted by molar-refractivity contribution is 7.47. The molecular formula is C49H82O17P2. The van der Waals surface area contributed by atoms with Crippen molar-refractivity contribution in [3.8, 4) is 0 Å². The molecular weight excluding hydrogens is 922 g/mol. The second kappa shape index (κ2) is 38.8. The second-order valence-electron chi connectivity index (χ2n) is 16.6. The molecule has 1 aliphatic carbocycles. The van der Waals surface area contributed by atoms with E-state index in [2.05, 4.69) is 73.1 Å². The highest BCUT2D eigenvalue weighted by Gasteiger charge is 2.54. The Labute approximate surface area is 404 Å². The molecule has 390 valence electrons. The zero-order chi connectivity index (χ0) is 50.5. The Hall–Kier alpha value is -2.86. The number of unbranched alkanes of at least 4 members (excludes halogenated alkanes) is 11. The lowest BCUT2D eigenvalue weighted by atomic mass is 9.85. The smallest absolute Gasteiger partial charge is 0.462 e. The summed E-state index contributed by atoms with van der Waals surface area (Å²) in [5.74, 6) is -1.50. The first-order chi connectivity index (χ1) is 32.5. The molecule has 0 aromatic carbocycles. The van der Waals surface area contributed by atoms with Gasteiger partial charge >= 0.3 is 27.6 Å². The van der Waals surface area contributed by atoms with Crippen LogP contribution in [0.2, 0.25) is 0 Å². The van der Waals surface area contributed by atoms with Gasteiger partial charge in [0.1, 0.15) is 43.2 Å². The fourth-order valence-electron chi connectivity index (χ4n) is 6.78. The summed E-state index contributed by atoms with van der Waals surface area (Å²) in [6, 6.07) is 0. The minimum Gasteiger partial charge on any atom is -0.462 e. The van der Waals surface area contributed by atoms with E-state index < -0.39 is 89.6 Å². The molecule has 1 aliphatic rings. The van der Waals surface area contributed by atoms with Crippen molar-refractivity contribution in [3.63, 3.8) is 0 Å². The fraction of sp³-hybridized carbons (Fsp3) is 0.673. The van der Waals surface area contributed by atoms with Crippen LogP contribution >= 0.6 is 15.6 Å². The molecule has 0 aliphatic heterocycles. The van der Waals surface area contributed by atoms with Gasteiger partial charge in [0.25, 0.3) is 0 Å². The molecule has 6 unspecified atom stereocenters. The van der Waals surface area contributed by atoms with Crippen LogP contribution < -0.4 is 0 Å². The standard InChI is InChI=1S/C49H82O17P2/c1-3-5-7-9-11-13-15-17-19-21-22-24-26-28-30-32-34-40(50)36-37-42(51)62-38-41(64-43(52)35-33-31-29-27-25-23-20-18-16-14-12-10-8-6-4-2)39-63-68(60,61)66-49-46(55)44(53)45(54)48(47(49)56)65-67(57,58)59/h5,7,11,13-14,16-17,19,22,24,28,30,32,34,40-41,44-50,53-56H,3-4,6,8-10,12,15,18,20-21,23,25-27,29,31,33,35-39H2,1-2H3,(H,60,61)(H2,57,58,59)/b7-5-,13-11-,16-14-,19-17-,24-22-,30-28-,34-32-/t40?,41-,44?,45?,46?,47?,48-,49+/m1/s1. The second-order valence-corrected chi connectivity index (χ2v) is 19.2. The van der Waals surface area contributed by atoms with Crippen molar-refractivity contribution in [1.82, 2.24) is 0 Å². The lowest BCUT2D eigenvalue weighted by Gasteiger charge is -2.43. The molecule has 0 heterocycles. The van der Waals surface area contributed by atoms with Crippen molar-refractivity contribution >= 4 is 27.6 Å². The molecule has 1 saturated carbocycles. The van der Waals surface area contributed by atoms with Gasteiger partial charge in [-0.25, -0.2) is 9.13 Å². The first-order valence-electron chi connectivity index (χ1n) is 24.2. The summed E-state index contributed by atoms with van der Waals surface area (Å²) in [5, 5.41) is 51.6. The monoisotopic (exact) mass is 1000 g/mol. The minimum absolute atomic E-state index is 0.00374. The summed E-state index contributed by atoms with van der Waals surface area (Å²) in [6.07, 6.45) is 30.0. The van der Waals surface area contributed by atoms with Crippen molar-refractivity contribution in [2.75, 3.05) is 13.2 Å². The van der Waals surface area contributed by atoms with Crippen LogP contribution in [0.1, 0.15) is 149 Å². The number of hydrogen-bond donors (Lipinski definition) is 8. The van der Waals surface area contributed by atoms with Gasteiger partial charge in [0.15, 0.2) is 6.10 Å². The van der Waals surface area contributed by atoms with Crippen molar-refractivity contribution in [2.24, 2.45) is 0 Å². The predicted molar refractivity (Wildman–Crippen MR) is 261 cm³/mol. The Morgan fingerprint density at radius 1 is 0.559 bits per heavy atom. The molecule has 0 aromatic heterocycles. The van der Waals surface area contributed by atoms with E-state index in [0.717, 1.165) is 77.0 Å². The van der Waals surface area contributed by atoms with E-state index in [9.17, 15) is 58.9 Å². The number of esters is 2. The van der Waals surface area contributed by atoms with Crippen molar-refractivity contribution < 1.29 is 82.0 Å². The topological polar surface area (TPSA) is 276 Å². The van der Waals surface area contributed by atoms with E-state index >= 15 is 0 Å². The molecule has 9 atom stereocenters. The molecule has 0 aromatic rings. The van der Waals surface area contributed by atoms with Gasteiger partial charge in [0, 0.05) is 12.8 Å². The van der Waals surface area contributed by atoms with Gasteiger partial charge < -0.3 is 49.7 Å². The predicted octanol–water partition coefficient (Wildman–Crippen LogP) is 8.36. The van der Waals surface area contributed by atoms with Gasteiger partial charge in [-0.1, -0.05) is 150 Å². The van der Waals surface area contributed by atoms with E-state index in [1.165, 1.54) is 31.8 Å². The van der Waals surface area contributed by atoms with E-state index in [-0.39, 0.29) is 19.3 Å². The summed E-state index contributed by atoms with van der Waals surface area (Å²) in [7, 11) is -10.8. The highest BCUT2D eigenvalue weighted by Crippen LogP contribution is 2.49. The summed E-state index contributed by atoms with van der Waals surface area (Å²) in [6.45, 7) is 2.76. The Morgan fingerprint density at radius 2 is 1.07 bits per heavy atom. The van der Waals surface area contributed by atoms with Gasteiger partial charge in [0.05, 0.1) is 12.7 Å². The number of carbonyl (C=O) groups excluding carboxylic acids is 2. The van der Waals surface area contributed by atoms with Crippen molar-refractivity contribution in [1.29, 1.82) is 0 Å². The molecule has 8 N–H and O–H groups in total. The zero-order valence-electron chi connectivity index (χ0n) is 40.1. The summed E-state index contributed by atoms with van der Waals surface area (Å²) in [5.41, 5.74) is 0. The maximum absolute atomic E-state index is 13.0. The van der Waals surface area contributed by atoms with Gasteiger partial charge in [0.2, 0.25) is 0 Å². The third kappa shape index (κ3) is 32.9. The van der Waals surface area contributed by atoms with Crippen molar-refractivity contribution in [3.05, 3.63) is 85.1 Å². The molecule has 0 radical (unpaired) electrons. The molecule has 0 saturated heterocycles. The molecule has 1 fully saturated rings. The molecule has 19 heteroatoms. The summed E-state index contributed by atoms with van der Waals surface area (Å²) in [4.78, 5) is 54.3. The lowest BCUT2D eigenvalue weighted by Crippen LogP contribution is -2.64. The van der Waals surface area contributed by atoms with Crippen LogP contribution in [-0.2, 0) is 41.8 Å². The Balaban J connectivity index is 2.69. The van der Waals surface area contributed by atoms with E-state index in [4.69, 9.17) is 18.5 Å². The van der Waals surface area contributed by atoms with E-state index in [1.54, 1.807) is 12.2 Å². The van der Waals surface area contributed by atoms with Crippen LogP contribution in [0.15, 0.2) is 85.1 Å². The Bertz CT molecular complexity index is 1650. The van der Waals surface area contributed by atoms with Crippen LogP contribution in [0.5, 0.6) is 0 Å². The number of allylic oxidation sites excluding steroid dienone is 13. The average Bonchev–Trinajstić information content (AvgIpc) is 3.29. The van der Waals surface area contributed by atoms with Crippen molar-refractivity contribution in [2.45, 2.75) is 198 Å². The van der Waals surface area contributed by atoms with Gasteiger partial charge in [-0.2, -0.15) is 0 Å². The van der Waals surface area contributed by atoms with Gasteiger partial charge in [-0.15, -0.1) is 0 Å². The molecule has 0 spiro atoms. The third-order valence-electron chi connectivity index (χ3n) is 10.6. The zero-order valence-corrected chi connectivity index (χ0v) is 41.9. The summed E-state index contributed by atoms with van der Waals surface area (Å²) >= 11 is 0. The Kier molecular flexibility index (Phi) is 36.1. The largest absolute Gasteiger partial charge is 0.472 e. The maximum Gasteiger partial charge on any atom is 0.472 e. The lowest BCUT2D eigenvalue weighted by molar-refractivity contribution is -0.216. The molecule has 17 nitrogen and oxygen atoms in total. The number of phosphoric acid groups is 2. The number of carbonyl (C=O) groups is 2. The van der Waals surface area contributed by atoms with Crippen LogP contribution in [0.4, 0.5) is 0 Å². The minimum atomic E-state index is -5.39. The van der Waals surface area contributed by atoms with Crippen LogP contribution in [0.25, 0.3) is 0 Å². The van der Waals surface area contributed by atoms with Crippen LogP contribution in [0.3, 0.4) is 0 Å². The quantitative estimate of drug-likeness (QED) is 0.00944. The molecule has 68 heavy (non-hydrogen) atoms. The number of hydrogen-bond acceptors (Lipinski definition) is 14. The highest BCUT2D eigenvalue weighted by atomic mass is 31.2. The summed E-state index contributed by atoms with van der Waals surface area (Å²) < 4.78 is 49.2. The number of aliphatic hydroxyl groups is 5. The maximum atomic E-state index is 13.0. The SMILES string of the molecule is CC/C=C\C/C=C\C/C=C\C/C=C\C/C=C\C=C/C(O)CCC(=O)OC[C@H](COP(=O)(O)O[C@H]1C(O)C(O)C(O)[C@@H](OP(=O)(O)O)C1O)OC(=O)CCCCCCCCC/C=C\CCCCCC. The first kappa shape index (κ1) is 63.2. The number of ether oxygens (including phenoxy) is 2. The molecule has 0 bridgehead atoms. The van der Waals surface area contributed by atoms with E-state index in [1.807, 2.05) is 12.2 Å². The first-order valence-corrected chi connectivity index (χ1v) is 27.3. The van der Waals surface area contributed by atoms with Crippen LogP contribution in [0, 0.1) is 0 Å². The van der Waals surface area contributed by atoms with Crippen LogP contribution in [-0.4, -0.2) is 114 Å². The molecule has 0 amide bonds. The third-order valence-corrected chi connectivity index (χ3v) is 12.1.